The largest absolute Gasteiger partial charge is 0.334 e. The van der Waals surface area contributed by atoms with Crippen molar-refractivity contribution in [2.45, 2.75) is 31.7 Å². The van der Waals surface area contributed by atoms with Crippen molar-refractivity contribution < 1.29 is 13.7 Å². The molecule has 1 aliphatic carbocycles. The summed E-state index contributed by atoms with van der Waals surface area (Å²) in [6.45, 7) is 0.850. The van der Waals surface area contributed by atoms with Gasteiger partial charge < -0.3 is 9.42 Å². The molecule has 138 valence electrons. The maximum absolute atomic E-state index is 14.0. The number of hydrogen-bond donors (Lipinski definition) is 0. The predicted octanol–water partition coefficient (Wildman–Crippen LogP) is 2.69. The molecule has 0 unspecified atom stereocenters. The number of benzene rings is 1. The van der Waals surface area contributed by atoms with Gasteiger partial charge in [-0.05, 0) is 25.0 Å². The zero-order valence-electron chi connectivity index (χ0n) is 14.9. The molecule has 1 aromatic carbocycles. The SMILES string of the molecule is Cn1nc(-c2nc(C3CC3)no2)c2c1CCN(C(=O)c1ccccc1F)C2. The van der Waals surface area contributed by atoms with Crippen molar-refractivity contribution in [1.82, 2.24) is 24.8 Å². The summed E-state index contributed by atoms with van der Waals surface area (Å²) in [4.78, 5) is 18.9. The first kappa shape index (κ1) is 16.2. The summed E-state index contributed by atoms with van der Waals surface area (Å²) in [6.07, 6.45) is 2.82. The summed E-state index contributed by atoms with van der Waals surface area (Å²) in [6, 6.07) is 6.05. The number of nitrogens with zero attached hydrogens (tertiary/aromatic N) is 5. The fourth-order valence-corrected chi connectivity index (χ4v) is 3.58. The first-order valence-electron chi connectivity index (χ1n) is 9.04. The second kappa shape index (κ2) is 6.00. The van der Waals surface area contributed by atoms with Crippen LogP contribution in [0, 0.1) is 5.82 Å². The lowest BCUT2D eigenvalue weighted by atomic mass is 10.0. The normalized spacial score (nSPS) is 16.4. The van der Waals surface area contributed by atoms with E-state index in [9.17, 15) is 9.18 Å². The standard InChI is InChI=1S/C19H18FN5O2/c1-24-15-8-9-25(19(26)12-4-2-3-5-14(12)20)10-13(15)16(22-24)18-21-17(23-27-18)11-6-7-11/h2-5,11H,6-10H2,1H3. The second-order valence-corrected chi connectivity index (χ2v) is 7.09. The molecule has 0 spiro atoms. The van der Waals surface area contributed by atoms with Gasteiger partial charge in [0, 0.05) is 37.2 Å². The molecule has 0 atom stereocenters. The van der Waals surface area contributed by atoms with Crippen LogP contribution < -0.4 is 0 Å². The van der Waals surface area contributed by atoms with E-state index < -0.39 is 5.82 Å². The number of rotatable bonds is 3. The van der Waals surface area contributed by atoms with Crippen LogP contribution in [-0.2, 0) is 20.0 Å². The Morgan fingerprint density at radius 3 is 2.89 bits per heavy atom. The number of aromatic nitrogens is 4. The Balaban J connectivity index is 1.47. The molecule has 0 saturated heterocycles. The molecule has 0 radical (unpaired) electrons. The number of hydrogen-bond acceptors (Lipinski definition) is 5. The molecule has 7 nitrogen and oxygen atoms in total. The van der Waals surface area contributed by atoms with Crippen LogP contribution in [0.5, 0.6) is 0 Å². The van der Waals surface area contributed by atoms with Gasteiger partial charge in [-0.1, -0.05) is 17.3 Å². The number of halogens is 1. The van der Waals surface area contributed by atoms with Crippen molar-refractivity contribution in [3.8, 4) is 11.6 Å². The molecule has 0 bridgehead atoms. The Bertz CT molecular complexity index is 1040. The van der Waals surface area contributed by atoms with Gasteiger partial charge in [0.15, 0.2) is 11.5 Å². The highest BCUT2D eigenvalue weighted by atomic mass is 19.1. The van der Waals surface area contributed by atoms with E-state index in [0.717, 1.165) is 29.9 Å². The zero-order valence-corrected chi connectivity index (χ0v) is 14.9. The second-order valence-electron chi connectivity index (χ2n) is 7.09. The summed E-state index contributed by atoms with van der Waals surface area (Å²) < 4.78 is 21.3. The maximum atomic E-state index is 14.0. The summed E-state index contributed by atoms with van der Waals surface area (Å²) >= 11 is 0. The fraction of sp³-hybridized carbons (Fsp3) is 0.368. The number of amides is 1. The van der Waals surface area contributed by atoms with Crippen LogP contribution in [0.4, 0.5) is 4.39 Å². The van der Waals surface area contributed by atoms with Gasteiger partial charge in [0.05, 0.1) is 12.1 Å². The third kappa shape index (κ3) is 2.72. The maximum Gasteiger partial charge on any atom is 0.278 e. The zero-order chi connectivity index (χ0) is 18.5. The molecule has 1 fully saturated rings. The van der Waals surface area contributed by atoms with E-state index in [0.29, 0.717) is 37.0 Å². The van der Waals surface area contributed by atoms with Gasteiger partial charge in [-0.15, -0.1) is 0 Å². The van der Waals surface area contributed by atoms with E-state index in [1.54, 1.807) is 21.7 Å². The molecule has 3 aromatic rings. The summed E-state index contributed by atoms with van der Waals surface area (Å²) in [5, 5.41) is 8.61. The van der Waals surface area contributed by atoms with Gasteiger partial charge in [0.2, 0.25) is 0 Å². The molecule has 1 aliphatic heterocycles. The van der Waals surface area contributed by atoms with Crippen molar-refractivity contribution in [1.29, 1.82) is 0 Å². The minimum Gasteiger partial charge on any atom is -0.334 e. The van der Waals surface area contributed by atoms with Crippen LogP contribution in [-0.4, -0.2) is 37.3 Å². The average Bonchev–Trinajstić information content (AvgIpc) is 3.33. The molecule has 5 rings (SSSR count). The Morgan fingerprint density at radius 2 is 2.11 bits per heavy atom. The molecule has 3 heterocycles. The predicted molar refractivity (Wildman–Crippen MR) is 93.3 cm³/mol. The van der Waals surface area contributed by atoms with Crippen LogP contribution in [0.2, 0.25) is 0 Å². The molecule has 0 N–H and O–H groups in total. The Kier molecular flexibility index (Phi) is 3.60. The van der Waals surface area contributed by atoms with Gasteiger partial charge in [-0.25, -0.2) is 4.39 Å². The summed E-state index contributed by atoms with van der Waals surface area (Å²) in [5.41, 5.74) is 2.62. The van der Waals surface area contributed by atoms with Crippen molar-refractivity contribution in [3.05, 3.63) is 52.7 Å². The smallest absolute Gasteiger partial charge is 0.278 e. The average molecular weight is 367 g/mol. The molecule has 27 heavy (non-hydrogen) atoms. The molecular formula is C19H18FN5O2. The first-order valence-corrected chi connectivity index (χ1v) is 9.04. The van der Waals surface area contributed by atoms with E-state index >= 15 is 0 Å². The molecule has 1 saturated carbocycles. The third-order valence-corrected chi connectivity index (χ3v) is 5.22. The van der Waals surface area contributed by atoms with Crippen molar-refractivity contribution in [3.63, 3.8) is 0 Å². The highest BCUT2D eigenvalue weighted by Crippen LogP contribution is 2.39. The number of carbonyl (C=O) groups excluding carboxylic acids is 1. The fourth-order valence-electron chi connectivity index (χ4n) is 3.58. The number of carbonyl (C=O) groups is 1. The molecular weight excluding hydrogens is 349 g/mol. The van der Waals surface area contributed by atoms with Gasteiger partial charge >= 0.3 is 0 Å². The molecule has 2 aliphatic rings. The van der Waals surface area contributed by atoms with Crippen molar-refractivity contribution >= 4 is 5.91 Å². The third-order valence-electron chi connectivity index (χ3n) is 5.22. The highest BCUT2D eigenvalue weighted by molar-refractivity contribution is 5.94. The van der Waals surface area contributed by atoms with E-state index in [-0.39, 0.29) is 11.5 Å². The minimum atomic E-state index is -0.509. The minimum absolute atomic E-state index is 0.0835. The Labute approximate surface area is 154 Å². The lowest BCUT2D eigenvalue weighted by Gasteiger charge is -2.27. The summed E-state index contributed by atoms with van der Waals surface area (Å²) in [5.74, 6) is 0.665. The van der Waals surface area contributed by atoms with Crippen LogP contribution in [0.15, 0.2) is 28.8 Å². The van der Waals surface area contributed by atoms with Gasteiger partial charge in [-0.2, -0.15) is 10.1 Å². The molecule has 1 amide bonds. The van der Waals surface area contributed by atoms with E-state index in [4.69, 9.17) is 4.52 Å². The highest BCUT2D eigenvalue weighted by Gasteiger charge is 2.33. The van der Waals surface area contributed by atoms with Crippen LogP contribution in [0.3, 0.4) is 0 Å². The van der Waals surface area contributed by atoms with E-state index in [1.807, 2.05) is 7.05 Å². The van der Waals surface area contributed by atoms with Crippen LogP contribution >= 0.6 is 0 Å². The quantitative estimate of drug-likeness (QED) is 0.711. The van der Waals surface area contributed by atoms with Crippen LogP contribution in [0.25, 0.3) is 11.6 Å². The molecule has 2 aromatic heterocycles. The van der Waals surface area contributed by atoms with Gasteiger partial charge in [-0.3, -0.25) is 9.48 Å². The topological polar surface area (TPSA) is 77.1 Å². The van der Waals surface area contributed by atoms with Gasteiger partial charge in [0.25, 0.3) is 11.8 Å². The molecule has 8 heteroatoms. The summed E-state index contributed by atoms with van der Waals surface area (Å²) in [7, 11) is 1.87. The van der Waals surface area contributed by atoms with Crippen LogP contribution in [0.1, 0.15) is 46.2 Å². The lowest BCUT2D eigenvalue weighted by molar-refractivity contribution is 0.0729. The first-order chi connectivity index (χ1) is 13.1. The number of aryl methyl sites for hydroxylation is 1. The van der Waals surface area contributed by atoms with Gasteiger partial charge in [0.1, 0.15) is 5.82 Å². The van der Waals surface area contributed by atoms with Crippen molar-refractivity contribution in [2.24, 2.45) is 7.05 Å². The number of fused-ring (bicyclic) bond motifs is 1. The van der Waals surface area contributed by atoms with E-state index in [2.05, 4.69) is 15.2 Å². The monoisotopic (exact) mass is 367 g/mol. The van der Waals surface area contributed by atoms with Crippen molar-refractivity contribution in [2.75, 3.05) is 6.54 Å². The van der Waals surface area contributed by atoms with E-state index in [1.165, 1.54) is 12.1 Å². The Morgan fingerprint density at radius 1 is 1.30 bits per heavy atom. The Hall–Kier alpha value is -3.03. The lowest BCUT2D eigenvalue weighted by Crippen LogP contribution is -2.36.